The summed E-state index contributed by atoms with van der Waals surface area (Å²) in [6.07, 6.45) is 1.36. The number of piperidine rings is 1. The van der Waals surface area contributed by atoms with Gasteiger partial charge in [0, 0.05) is 37.0 Å². The van der Waals surface area contributed by atoms with Crippen LogP contribution in [0.5, 0.6) is 0 Å². The summed E-state index contributed by atoms with van der Waals surface area (Å²) in [6, 6.07) is 5.06. The molecule has 0 aliphatic carbocycles. The lowest BCUT2D eigenvalue weighted by atomic mass is 10.0. The number of rotatable bonds is 3. The second-order valence-corrected chi connectivity index (χ2v) is 7.14. The van der Waals surface area contributed by atoms with Crippen LogP contribution in [0.25, 0.3) is 0 Å². The largest absolute Gasteiger partial charge is 0.444 e. The van der Waals surface area contributed by atoms with Gasteiger partial charge >= 0.3 is 6.09 Å². The number of likely N-dealkylation sites (tertiary alicyclic amines) is 1. The minimum atomic E-state index is -0.484. The van der Waals surface area contributed by atoms with Gasteiger partial charge in [-0.2, -0.15) is 0 Å². The van der Waals surface area contributed by atoms with Crippen LogP contribution in [0.4, 0.5) is 16.2 Å². The average molecular weight is 335 g/mol. The molecular formula is C17H25N3O4. The molecule has 1 amide bonds. The lowest BCUT2D eigenvalue weighted by molar-refractivity contribution is -0.384. The van der Waals surface area contributed by atoms with Crippen LogP contribution in [0.1, 0.15) is 39.2 Å². The second-order valence-electron chi connectivity index (χ2n) is 7.14. The van der Waals surface area contributed by atoms with Gasteiger partial charge < -0.3 is 15.0 Å². The van der Waals surface area contributed by atoms with Crippen LogP contribution in [-0.4, -0.2) is 40.6 Å². The standard InChI is InChI=1S/C17H25N3O4/c1-12-11-14(20(22)23)5-6-15(12)18-13-7-9-19(10-8-13)16(21)24-17(2,3)4/h5-6,11,13,18H,7-10H2,1-4H3. The van der Waals surface area contributed by atoms with E-state index >= 15 is 0 Å². The molecule has 0 unspecified atom stereocenters. The highest BCUT2D eigenvalue weighted by Gasteiger charge is 2.27. The maximum atomic E-state index is 12.1. The Morgan fingerprint density at radius 3 is 2.46 bits per heavy atom. The molecule has 7 heteroatoms. The number of carbonyl (C=O) groups is 1. The van der Waals surface area contributed by atoms with E-state index in [9.17, 15) is 14.9 Å². The molecule has 1 N–H and O–H groups in total. The van der Waals surface area contributed by atoms with Crippen LogP contribution in [0.3, 0.4) is 0 Å². The van der Waals surface area contributed by atoms with E-state index in [1.54, 1.807) is 17.0 Å². The lowest BCUT2D eigenvalue weighted by Crippen LogP contribution is -2.44. The van der Waals surface area contributed by atoms with Crippen LogP contribution >= 0.6 is 0 Å². The highest BCUT2D eigenvalue weighted by Crippen LogP contribution is 2.24. The summed E-state index contributed by atoms with van der Waals surface area (Å²) < 4.78 is 5.39. The van der Waals surface area contributed by atoms with Crippen molar-refractivity contribution in [2.75, 3.05) is 18.4 Å². The predicted octanol–water partition coefficient (Wildman–Crippen LogP) is 3.71. The number of anilines is 1. The van der Waals surface area contributed by atoms with Crippen LogP contribution in [-0.2, 0) is 4.74 Å². The molecule has 0 saturated carbocycles. The fourth-order valence-corrected chi connectivity index (χ4v) is 2.68. The Balaban J connectivity index is 1.89. The summed E-state index contributed by atoms with van der Waals surface area (Å²) in [5.74, 6) is 0. The van der Waals surface area contributed by atoms with Gasteiger partial charge in [-0.15, -0.1) is 0 Å². The van der Waals surface area contributed by atoms with E-state index in [2.05, 4.69) is 5.32 Å². The quantitative estimate of drug-likeness (QED) is 0.672. The SMILES string of the molecule is Cc1cc([N+](=O)[O-])ccc1NC1CCN(C(=O)OC(C)(C)C)CC1. The minimum absolute atomic E-state index is 0.0952. The van der Waals surface area contributed by atoms with Gasteiger partial charge in [-0.05, 0) is 52.2 Å². The number of non-ortho nitro benzene ring substituents is 1. The molecule has 0 aromatic heterocycles. The summed E-state index contributed by atoms with van der Waals surface area (Å²) >= 11 is 0. The zero-order valence-corrected chi connectivity index (χ0v) is 14.7. The number of carbonyl (C=O) groups excluding carboxylic acids is 1. The molecule has 132 valence electrons. The smallest absolute Gasteiger partial charge is 0.410 e. The first-order chi connectivity index (χ1) is 11.2. The van der Waals surface area contributed by atoms with E-state index < -0.39 is 10.5 Å². The normalized spacial score (nSPS) is 15.9. The van der Waals surface area contributed by atoms with Crippen molar-refractivity contribution in [3.05, 3.63) is 33.9 Å². The zero-order chi connectivity index (χ0) is 17.9. The number of benzene rings is 1. The lowest BCUT2D eigenvalue weighted by Gasteiger charge is -2.34. The summed E-state index contributed by atoms with van der Waals surface area (Å²) in [5.41, 5.74) is 1.36. The molecule has 1 aromatic carbocycles. The van der Waals surface area contributed by atoms with Crippen molar-refractivity contribution in [2.24, 2.45) is 0 Å². The maximum Gasteiger partial charge on any atom is 0.410 e. The number of ether oxygens (including phenoxy) is 1. The Kier molecular flexibility index (Phi) is 5.31. The van der Waals surface area contributed by atoms with Gasteiger partial charge in [-0.1, -0.05) is 0 Å². The van der Waals surface area contributed by atoms with Crippen LogP contribution in [0, 0.1) is 17.0 Å². The Bertz CT molecular complexity index is 617. The number of aryl methyl sites for hydroxylation is 1. The molecule has 1 saturated heterocycles. The fraction of sp³-hybridized carbons (Fsp3) is 0.588. The molecule has 0 radical (unpaired) electrons. The molecule has 1 aromatic rings. The Morgan fingerprint density at radius 1 is 1.33 bits per heavy atom. The highest BCUT2D eigenvalue weighted by atomic mass is 16.6. The number of nitrogens with zero attached hydrogens (tertiary/aromatic N) is 2. The first-order valence-corrected chi connectivity index (χ1v) is 8.15. The van der Waals surface area contributed by atoms with Gasteiger partial charge in [0.1, 0.15) is 5.60 Å². The number of amides is 1. The van der Waals surface area contributed by atoms with Gasteiger partial charge in [0.25, 0.3) is 5.69 Å². The summed E-state index contributed by atoms with van der Waals surface area (Å²) in [5, 5.41) is 14.2. The molecule has 1 aliphatic heterocycles. The number of hydrogen-bond acceptors (Lipinski definition) is 5. The Morgan fingerprint density at radius 2 is 1.96 bits per heavy atom. The van der Waals surface area contributed by atoms with E-state index in [4.69, 9.17) is 4.74 Å². The van der Waals surface area contributed by atoms with Crippen LogP contribution in [0.2, 0.25) is 0 Å². The number of nitro benzene ring substituents is 1. The third-order valence-electron chi connectivity index (χ3n) is 3.93. The van der Waals surface area contributed by atoms with E-state index in [0.717, 1.165) is 24.1 Å². The van der Waals surface area contributed by atoms with Crippen molar-refractivity contribution in [1.29, 1.82) is 0 Å². The highest BCUT2D eigenvalue weighted by molar-refractivity contribution is 5.68. The van der Waals surface area contributed by atoms with E-state index in [1.165, 1.54) is 6.07 Å². The van der Waals surface area contributed by atoms with E-state index in [0.29, 0.717) is 13.1 Å². The molecule has 1 aliphatic rings. The number of hydrogen-bond donors (Lipinski definition) is 1. The molecule has 0 atom stereocenters. The topological polar surface area (TPSA) is 84.7 Å². The van der Waals surface area contributed by atoms with Crippen molar-refractivity contribution in [3.63, 3.8) is 0 Å². The summed E-state index contributed by atoms with van der Waals surface area (Å²) in [7, 11) is 0. The van der Waals surface area contributed by atoms with Gasteiger partial charge in [0.2, 0.25) is 0 Å². The summed E-state index contributed by atoms with van der Waals surface area (Å²) in [6.45, 7) is 8.70. The Hall–Kier alpha value is -2.31. The van der Waals surface area contributed by atoms with Crippen molar-refractivity contribution in [2.45, 2.75) is 52.2 Å². The molecule has 2 rings (SSSR count). The van der Waals surface area contributed by atoms with Crippen molar-refractivity contribution >= 4 is 17.5 Å². The van der Waals surface area contributed by atoms with Gasteiger partial charge in [-0.25, -0.2) is 4.79 Å². The minimum Gasteiger partial charge on any atom is -0.444 e. The van der Waals surface area contributed by atoms with Gasteiger partial charge in [-0.3, -0.25) is 10.1 Å². The fourth-order valence-electron chi connectivity index (χ4n) is 2.68. The monoisotopic (exact) mass is 335 g/mol. The molecule has 1 heterocycles. The first-order valence-electron chi connectivity index (χ1n) is 8.15. The van der Waals surface area contributed by atoms with Gasteiger partial charge in [0.15, 0.2) is 0 Å². The molecule has 0 bridgehead atoms. The Labute approximate surface area is 142 Å². The second kappa shape index (κ2) is 7.07. The third-order valence-corrected chi connectivity index (χ3v) is 3.93. The van der Waals surface area contributed by atoms with Crippen LogP contribution < -0.4 is 5.32 Å². The maximum absolute atomic E-state index is 12.1. The van der Waals surface area contributed by atoms with Crippen molar-refractivity contribution in [3.8, 4) is 0 Å². The molecule has 0 spiro atoms. The molecular weight excluding hydrogens is 310 g/mol. The number of nitro groups is 1. The molecule has 24 heavy (non-hydrogen) atoms. The molecule has 1 fully saturated rings. The van der Waals surface area contributed by atoms with E-state index in [-0.39, 0.29) is 17.8 Å². The van der Waals surface area contributed by atoms with Gasteiger partial charge in [0.05, 0.1) is 4.92 Å². The van der Waals surface area contributed by atoms with Crippen molar-refractivity contribution in [1.82, 2.24) is 4.90 Å². The summed E-state index contributed by atoms with van der Waals surface area (Å²) in [4.78, 5) is 24.2. The van der Waals surface area contributed by atoms with E-state index in [1.807, 2.05) is 27.7 Å². The zero-order valence-electron chi connectivity index (χ0n) is 14.7. The predicted molar refractivity (Wildman–Crippen MR) is 92.3 cm³/mol. The number of nitrogens with one attached hydrogen (secondary N) is 1. The average Bonchev–Trinajstić information content (AvgIpc) is 2.48. The van der Waals surface area contributed by atoms with Crippen molar-refractivity contribution < 1.29 is 14.5 Å². The first kappa shape index (κ1) is 18.0. The molecule has 7 nitrogen and oxygen atoms in total. The van der Waals surface area contributed by atoms with Crippen LogP contribution in [0.15, 0.2) is 18.2 Å². The third kappa shape index (κ3) is 4.84.